The number of anilines is 1. The minimum Gasteiger partial charge on any atom is -0.394 e. The van der Waals surface area contributed by atoms with Gasteiger partial charge in [0.25, 0.3) is 0 Å². The Balaban J connectivity index is 1.32. The highest BCUT2D eigenvalue weighted by Gasteiger charge is 2.34. The van der Waals surface area contributed by atoms with Crippen LogP contribution in [-0.2, 0) is 17.8 Å². The Morgan fingerprint density at radius 1 is 1.00 bits per heavy atom. The van der Waals surface area contributed by atoms with E-state index in [1.807, 2.05) is 23.1 Å². The third-order valence-corrected chi connectivity index (χ3v) is 5.90. The van der Waals surface area contributed by atoms with Crippen molar-refractivity contribution in [3.05, 3.63) is 65.2 Å². The van der Waals surface area contributed by atoms with Crippen molar-refractivity contribution in [2.75, 3.05) is 44.2 Å². The summed E-state index contributed by atoms with van der Waals surface area (Å²) in [6.07, 6.45) is 0.739. The summed E-state index contributed by atoms with van der Waals surface area (Å²) in [5.74, 6) is 0.0935. The first-order chi connectivity index (χ1) is 13.6. The van der Waals surface area contributed by atoms with Crippen LogP contribution in [0.15, 0.2) is 48.5 Å². The van der Waals surface area contributed by atoms with Gasteiger partial charge in [-0.15, -0.1) is 0 Å². The van der Waals surface area contributed by atoms with Crippen molar-refractivity contribution in [2.45, 2.75) is 25.9 Å². The van der Waals surface area contributed by atoms with Crippen LogP contribution in [0, 0.1) is 6.92 Å². The zero-order valence-electron chi connectivity index (χ0n) is 16.6. The van der Waals surface area contributed by atoms with Crippen LogP contribution < -0.4 is 4.90 Å². The third kappa shape index (κ3) is 4.12. The molecule has 4 rings (SSSR count). The van der Waals surface area contributed by atoms with Crippen LogP contribution in [0.2, 0.25) is 0 Å². The van der Waals surface area contributed by atoms with E-state index in [9.17, 15) is 9.90 Å². The van der Waals surface area contributed by atoms with E-state index in [-0.39, 0.29) is 18.6 Å². The normalized spacial score (nSPS) is 20.4. The van der Waals surface area contributed by atoms with Crippen LogP contribution in [-0.4, -0.2) is 66.2 Å². The number of nitrogens with zero attached hydrogens (tertiary/aromatic N) is 3. The van der Waals surface area contributed by atoms with Crippen LogP contribution in [0.5, 0.6) is 0 Å². The van der Waals surface area contributed by atoms with Gasteiger partial charge in [-0.2, -0.15) is 0 Å². The lowest BCUT2D eigenvalue weighted by atomic mass is 10.1. The van der Waals surface area contributed by atoms with E-state index in [0.717, 1.165) is 50.4 Å². The summed E-state index contributed by atoms with van der Waals surface area (Å²) in [6.45, 7) is 7.25. The lowest BCUT2D eigenvalue weighted by Gasteiger charge is -2.35. The molecular formula is C23H29N3O2. The largest absolute Gasteiger partial charge is 0.394 e. The molecule has 0 unspecified atom stereocenters. The first-order valence-corrected chi connectivity index (χ1v) is 10.1. The highest BCUT2D eigenvalue weighted by atomic mass is 16.3. The van der Waals surface area contributed by atoms with Crippen LogP contribution >= 0.6 is 0 Å². The molecule has 28 heavy (non-hydrogen) atoms. The average molecular weight is 380 g/mol. The molecule has 0 aliphatic carbocycles. The molecule has 5 nitrogen and oxygen atoms in total. The van der Waals surface area contributed by atoms with E-state index in [2.05, 4.69) is 47.1 Å². The SMILES string of the molecule is Cc1ccc(CN2CCN(CC(=O)N3c4ccccc4C[C@H]3CO)CC2)cc1. The molecule has 5 heteroatoms. The highest BCUT2D eigenvalue weighted by Crippen LogP contribution is 2.32. The van der Waals surface area contributed by atoms with Gasteiger partial charge in [-0.25, -0.2) is 0 Å². The molecule has 2 heterocycles. The maximum Gasteiger partial charge on any atom is 0.241 e. The molecule has 1 N–H and O–H groups in total. The van der Waals surface area contributed by atoms with E-state index < -0.39 is 0 Å². The van der Waals surface area contributed by atoms with Crippen molar-refractivity contribution in [1.82, 2.24) is 9.80 Å². The Bertz CT molecular complexity index is 813. The molecular weight excluding hydrogens is 350 g/mol. The Hall–Kier alpha value is -2.21. The second kappa shape index (κ2) is 8.43. The summed E-state index contributed by atoms with van der Waals surface area (Å²) in [4.78, 5) is 19.5. The molecule has 0 radical (unpaired) electrons. The molecule has 148 valence electrons. The zero-order chi connectivity index (χ0) is 19.5. The lowest BCUT2D eigenvalue weighted by molar-refractivity contribution is -0.120. The van der Waals surface area contributed by atoms with Crippen molar-refractivity contribution in [1.29, 1.82) is 0 Å². The third-order valence-electron chi connectivity index (χ3n) is 5.90. The fraction of sp³-hybridized carbons (Fsp3) is 0.435. The van der Waals surface area contributed by atoms with Gasteiger partial charge in [0.15, 0.2) is 0 Å². The lowest BCUT2D eigenvalue weighted by Crippen LogP contribution is -2.51. The summed E-state index contributed by atoms with van der Waals surface area (Å²) in [5, 5.41) is 9.74. The molecule has 0 bridgehead atoms. The zero-order valence-corrected chi connectivity index (χ0v) is 16.6. The molecule has 1 fully saturated rings. The van der Waals surface area contributed by atoms with Gasteiger partial charge in [0.1, 0.15) is 0 Å². The number of para-hydroxylation sites is 1. The Morgan fingerprint density at radius 2 is 1.68 bits per heavy atom. The Morgan fingerprint density at radius 3 is 2.39 bits per heavy atom. The molecule has 1 atom stereocenters. The minimum atomic E-state index is -0.132. The molecule has 0 aromatic heterocycles. The molecule has 2 aliphatic heterocycles. The summed E-state index contributed by atoms with van der Waals surface area (Å²) in [5.41, 5.74) is 4.74. The Kier molecular flexibility index (Phi) is 5.76. The summed E-state index contributed by atoms with van der Waals surface area (Å²) in [7, 11) is 0. The number of aliphatic hydroxyl groups is 1. The topological polar surface area (TPSA) is 47.0 Å². The number of benzene rings is 2. The smallest absolute Gasteiger partial charge is 0.241 e. The quantitative estimate of drug-likeness (QED) is 0.864. The number of hydrogen-bond donors (Lipinski definition) is 1. The van der Waals surface area contributed by atoms with Gasteiger partial charge in [0.2, 0.25) is 5.91 Å². The van der Waals surface area contributed by atoms with Gasteiger partial charge in [0.05, 0.1) is 19.2 Å². The Labute approximate surface area is 167 Å². The average Bonchev–Trinajstić information content (AvgIpc) is 3.10. The number of aryl methyl sites for hydroxylation is 1. The number of aliphatic hydroxyl groups excluding tert-OH is 1. The summed E-state index contributed by atoms with van der Waals surface area (Å²) < 4.78 is 0. The predicted molar refractivity (Wildman–Crippen MR) is 111 cm³/mol. The van der Waals surface area contributed by atoms with Crippen LogP contribution in [0.4, 0.5) is 5.69 Å². The van der Waals surface area contributed by atoms with E-state index >= 15 is 0 Å². The standard InChI is InChI=1S/C23H29N3O2/c1-18-6-8-19(9-7-18)15-24-10-12-25(13-11-24)16-23(28)26-21(17-27)14-20-4-2-3-5-22(20)26/h2-9,21,27H,10-17H2,1H3/t21-/m0/s1. The van der Waals surface area contributed by atoms with E-state index in [4.69, 9.17) is 0 Å². The second-order valence-corrected chi connectivity index (χ2v) is 7.97. The number of piperazine rings is 1. The van der Waals surface area contributed by atoms with Crippen molar-refractivity contribution in [3.63, 3.8) is 0 Å². The summed E-state index contributed by atoms with van der Waals surface area (Å²) >= 11 is 0. The van der Waals surface area contributed by atoms with Gasteiger partial charge in [-0.05, 0) is 30.5 Å². The number of amides is 1. The predicted octanol–water partition coefficient (Wildman–Crippen LogP) is 2.06. The first-order valence-electron chi connectivity index (χ1n) is 10.1. The molecule has 2 aliphatic rings. The van der Waals surface area contributed by atoms with Gasteiger partial charge in [-0.1, -0.05) is 48.0 Å². The molecule has 1 amide bonds. The number of rotatable bonds is 5. The number of hydrogen-bond acceptors (Lipinski definition) is 4. The monoisotopic (exact) mass is 379 g/mol. The van der Waals surface area contributed by atoms with Gasteiger partial charge in [0, 0.05) is 38.4 Å². The molecule has 2 aromatic carbocycles. The van der Waals surface area contributed by atoms with Crippen molar-refractivity contribution in [3.8, 4) is 0 Å². The van der Waals surface area contributed by atoms with Crippen LogP contribution in [0.1, 0.15) is 16.7 Å². The first kappa shape index (κ1) is 19.1. The van der Waals surface area contributed by atoms with Crippen molar-refractivity contribution in [2.24, 2.45) is 0 Å². The van der Waals surface area contributed by atoms with E-state index in [0.29, 0.717) is 6.54 Å². The second-order valence-electron chi connectivity index (χ2n) is 7.97. The van der Waals surface area contributed by atoms with Crippen LogP contribution in [0.25, 0.3) is 0 Å². The van der Waals surface area contributed by atoms with Crippen molar-refractivity contribution >= 4 is 11.6 Å². The maximum absolute atomic E-state index is 13.0. The van der Waals surface area contributed by atoms with E-state index in [1.165, 1.54) is 11.1 Å². The van der Waals surface area contributed by atoms with Crippen LogP contribution in [0.3, 0.4) is 0 Å². The van der Waals surface area contributed by atoms with Crippen molar-refractivity contribution < 1.29 is 9.90 Å². The molecule has 0 saturated carbocycles. The highest BCUT2D eigenvalue weighted by molar-refractivity contribution is 5.97. The van der Waals surface area contributed by atoms with Gasteiger partial charge >= 0.3 is 0 Å². The summed E-state index contributed by atoms with van der Waals surface area (Å²) in [6, 6.07) is 16.6. The maximum atomic E-state index is 13.0. The number of fused-ring (bicyclic) bond motifs is 1. The van der Waals surface area contributed by atoms with Gasteiger partial charge < -0.3 is 10.0 Å². The van der Waals surface area contributed by atoms with E-state index in [1.54, 1.807) is 0 Å². The molecule has 1 saturated heterocycles. The number of carbonyl (C=O) groups excluding carboxylic acids is 1. The van der Waals surface area contributed by atoms with Gasteiger partial charge in [-0.3, -0.25) is 14.6 Å². The number of carbonyl (C=O) groups is 1. The fourth-order valence-electron chi connectivity index (χ4n) is 4.27. The molecule has 2 aromatic rings. The minimum absolute atomic E-state index is 0.00471. The fourth-order valence-corrected chi connectivity index (χ4v) is 4.27. The molecule has 0 spiro atoms.